The number of ether oxygens (including phenoxy) is 1. The first-order valence-electron chi connectivity index (χ1n) is 6.86. The SMILES string of the molecule is CCN(CC)C(=O)C(C)NC1CC2CCC1O2. The van der Waals surface area contributed by atoms with Gasteiger partial charge in [-0.1, -0.05) is 0 Å². The Kier molecular flexibility index (Phi) is 4.05. The summed E-state index contributed by atoms with van der Waals surface area (Å²) in [6.07, 6.45) is 4.19. The molecule has 4 nitrogen and oxygen atoms in total. The van der Waals surface area contributed by atoms with Crippen molar-refractivity contribution in [1.82, 2.24) is 10.2 Å². The second-order valence-electron chi connectivity index (χ2n) is 5.11. The average molecular weight is 240 g/mol. The number of nitrogens with zero attached hydrogens (tertiary/aromatic N) is 1. The van der Waals surface area contributed by atoms with Gasteiger partial charge in [0.1, 0.15) is 0 Å². The lowest BCUT2D eigenvalue weighted by molar-refractivity contribution is -0.132. The molecule has 0 aromatic carbocycles. The second kappa shape index (κ2) is 5.36. The Bertz CT molecular complexity index is 279. The van der Waals surface area contributed by atoms with E-state index in [1.54, 1.807) is 0 Å². The number of likely N-dealkylation sites (N-methyl/N-ethyl adjacent to an activating group) is 1. The summed E-state index contributed by atoms with van der Waals surface area (Å²) in [7, 11) is 0. The Morgan fingerprint density at radius 2 is 2.12 bits per heavy atom. The van der Waals surface area contributed by atoms with E-state index in [1.165, 1.54) is 6.42 Å². The van der Waals surface area contributed by atoms with Crippen molar-refractivity contribution in [3.8, 4) is 0 Å². The third-order valence-corrected chi connectivity index (χ3v) is 4.02. The molecule has 1 amide bonds. The highest BCUT2D eigenvalue weighted by Crippen LogP contribution is 2.34. The van der Waals surface area contributed by atoms with Crippen LogP contribution in [0.4, 0.5) is 0 Å². The van der Waals surface area contributed by atoms with Gasteiger partial charge in [-0.05, 0) is 40.0 Å². The Morgan fingerprint density at radius 3 is 2.59 bits per heavy atom. The molecular formula is C13H24N2O2. The van der Waals surface area contributed by atoms with Gasteiger partial charge < -0.3 is 15.0 Å². The van der Waals surface area contributed by atoms with Gasteiger partial charge in [0.15, 0.2) is 0 Å². The Balaban J connectivity index is 1.84. The van der Waals surface area contributed by atoms with Crippen molar-refractivity contribution in [1.29, 1.82) is 0 Å². The molecule has 0 radical (unpaired) electrons. The van der Waals surface area contributed by atoms with Crippen molar-refractivity contribution in [3.05, 3.63) is 0 Å². The molecule has 0 aromatic heterocycles. The Labute approximate surface area is 104 Å². The van der Waals surface area contributed by atoms with Gasteiger partial charge in [0, 0.05) is 19.1 Å². The van der Waals surface area contributed by atoms with Crippen LogP contribution in [0.25, 0.3) is 0 Å². The van der Waals surface area contributed by atoms with Crippen LogP contribution in [-0.4, -0.2) is 48.2 Å². The van der Waals surface area contributed by atoms with Gasteiger partial charge in [-0.3, -0.25) is 4.79 Å². The number of hydrogen-bond donors (Lipinski definition) is 1. The lowest BCUT2D eigenvalue weighted by Crippen LogP contribution is -2.50. The minimum absolute atomic E-state index is 0.0946. The largest absolute Gasteiger partial charge is 0.373 e. The van der Waals surface area contributed by atoms with Gasteiger partial charge in [0.25, 0.3) is 0 Å². The van der Waals surface area contributed by atoms with Crippen LogP contribution in [0.1, 0.15) is 40.0 Å². The summed E-state index contributed by atoms with van der Waals surface area (Å²) < 4.78 is 5.79. The fourth-order valence-corrected chi connectivity index (χ4v) is 3.01. The zero-order chi connectivity index (χ0) is 12.4. The van der Waals surface area contributed by atoms with E-state index in [4.69, 9.17) is 4.74 Å². The average Bonchev–Trinajstić information content (AvgIpc) is 2.92. The molecule has 2 rings (SSSR count). The standard InChI is InChI=1S/C13H24N2O2/c1-4-15(5-2)13(16)9(3)14-11-8-10-6-7-12(11)17-10/h9-12,14H,4-8H2,1-3H3. The van der Waals surface area contributed by atoms with Gasteiger partial charge in [-0.15, -0.1) is 0 Å². The molecule has 0 saturated carbocycles. The molecule has 98 valence electrons. The Morgan fingerprint density at radius 1 is 1.41 bits per heavy atom. The third-order valence-electron chi connectivity index (χ3n) is 4.02. The summed E-state index contributed by atoms with van der Waals surface area (Å²) >= 11 is 0. The van der Waals surface area contributed by atoms with Crippen LogP contribution in [0.5, 0.6) is 0 Å². The van der Waals surface area contributed by atoms with E-state index in [9.17, 15) is 4.79 Å². The van der Waals surface area contributed by atoms with Gasteiger partial charge in [-0.2, -0.15) is 0 Å². The monoisotopic (exact) mass is 240 g/mol. The van der Waals surface area contributed by atoms with Crippen LogP contribution < -0.4 is 5.32 Å². The Hall–Kier alpha value is -0.610. The molecule has 4 atom stereocenters. The predicted octanol–water partition coefficient (Wildman–Crippen LogP) is 1.15. The molecule has 4 heteroatoms. The molecule has 2 heterocycles. The second-order valence-corrected chi connectivity index (χ2v) is 5.11. The molecule has 0 spiro atoms. The predicted molar refractivity (Wildman–Crippen MR) is 66.8 cm³/mol. The molecule has 0 aliphatic carbocycles. The van der Waals surface area contributed by atoms with E-state index in [2.05, 4.69) is 5.32 Å². The van der Waals surface area contributed by atoms with Crippen molar-refractivity contribution in [2.45, 2.75) is 64.3 Å². The van der Waals surface area contributed by atoms with Crippen molar-refractivity contribution in [3.63, 3.8) is 0 Å². The van der Waals surface area contributed by atoms with E-state index >= 15 is 0 Å². The molecule has 2 saturated heterocycles. The molecule has 1 N–H and O–H groups in total. The lowest BCUT2D eigenvalue weighted by atomic mass is 9.95. The van der Waals surface area contributed by atoms with Crippen LogP contribution in [0, 0.1) is 0 Å². The summed E-state index contributed by atoms with van der Waals surface area (Å²) in [5.74, 6) is 0.206. The zero-order valence-electron chi connectivity index (χ0n) is 11.1. The van der Waals surface area contributed by atoms with Crippen LogP contribution >= 0.6 is 0 Å². The van der Waals surface area contributed by atoms with Gasteiger partial charge in [-0.25, -0.2) is 0 Å². The number of carbonyl (C=O) groups excluding carboxylic acids is 1. The summed E-state index contributed by atoms with van der Waals surface area (Å²) in [6.45, 7) is 7.58. The van der Waals surface area contributed by atoms with E-state index in [0.717, 1.165) is 25.9 Å². The smallest absolute Gasteiger partial charge is 0.239 e. The third kappa shape index (κ3) is 2.63. The van der Waals surface area contributed by atoms with Gasteiger partial charge in [0.05, 0.1) is 18.2 Å². The van der Waals surface area contributed by atoms with E-state index in [0.29, 0.717) is 18.2 Å². The van der Waals surface area contributed by atoms with Crippen LogP contribution in [-0.2, 0) is 9.53 Å². The molecular weight excluding hydrogens is 216 g/mol. The number of hydrogen-bond acceptors (Lipinski definition) is 3. The molecule has 17 heavy (non-hydrogen) atoms. The van der Waals surface area contributed by atoms with Crippen LogP contribution in [0.15, 0.2) is 0 Å². The van der Waals surface area contributed by atoms with Gasteiger partial charge in [0.2, 0.25) is 5.91 Å². The highest BCUT2D eigenvalue weighted by molar-refractivity contribution is 5.81. The maximum absolute atomic E-state index is 12.1. The zero-order valence-corrected chi connectivity index (χ0v) is 11.1. The minimum atomic E-state index is -0.0946. The highest BCUT2D eigenvalue weighted by Gasteiger charge is 2.41. The summed E-state index contributed by atoms with van der Waals surface area (Å²) in [4.78, 5) is 14.0. The topological polar surface area (TPSA) is 41.6 Å². The first-order chi connectivity index (χ1) is 8.15. The summed E-state index contributed by atoms with van der Waals surface area (Å²) in [5, 5.41) is 3.44. The number of nitrogens with one attached hydrogen (secondary N) is 1. The fourth-order valence-electron chi connectivity index (χ4n) is 3.01. The summed E-state index contributed by atoms with van der Waals surface area (Å²) in [5.41, 5.74) is 0. The molecule has 2 aliphatic rings. The normalized spacial score (nSPS) is 32.8. The number of carbonyl (C=O) groups is 1. The van der Waals surface area contributed by atoms with E-state index in [-0.39, 0.29) is 11.9 Å². The molecule has 2 aliphatic heterocycles. The van der Waals surface area contributed by atoms with Crippen molar-refractivity contribution >= 4 is 5.91 Å². The molecule has 2 fully saturated rings. The van der Waals surface area contributed by atoms with Gasteiger partial charge >= 0.3 is 0 Å². The van der Waals surface area contributed by atoms with Crippen molar-refractivity contribution in [2.24, 2.45) is 0 Å². The van der Waals surface area contributed by atoms with Crippen LogP contribution in [0.3, 0.4) is 0 Å². The van der Waals surface area contributed by atoms with Crippen molar-refractivity contribution < 1.29 is 9.53 Å². The highest BCUT2D eigenvalue weighted by atomic mass is 16.5. The molecule has 0 aromatic rings. The van der Waals surface area contributed by atoms with Crippen LogP contribution in [0.2, 0.25) is 0 Å². The molecule has 4 unspecified atom stereocenters. The maximum atomic E-state index is 12.1. The fraction of sp³-hybridized carbons (Fsp3) is 0.923. The van der Waals surface area contributed by atoms with E-state index in [1.807, 2.05) is 25.7 Å². The number of amides is 1. The maximum Gasteiger partial charge on any atom is 0.239 e. The molecule has 2 bridgehead atoms. The quantitative estimate of drug-likeness (QED) is 0.784. The first-order valence-corrected chi connectivity index (χ1v) is 6.86. The number of rotatable bonds is 5. The minimum Gasteiger partial charge on any atom is -0.373 e. The number of fused-ring (bicyclic) bond motifs is 2. The van der Waals surface area contributed by atoms with E-state index < -0.39 is 0 Å². The summed E-state index contributed by atoms with van der Waals surface area (Å²) in [6, 6.07) is 0.283. The lowest BCUT2D eigenvalue weighted by Gasteiger charge is -2.28. The van der Waals surface area contributed by atoms with Crippen molar-refractivity contribution in [2.75, 3.05) is 13.1 Å². The first kappa shape index (κ1) is 12.8.